The Morgan fingerprint density at radius 2 is 1.81 bits per heavy atom. The number of pyridine rings is 1. The topological polar surface area (TPSA) is 63.2 Å². The molecular formula is C19H15F2N3O2. The maximum atomic E-state index is 13.2. The van der Waals surface area contributed by atoms with Crippen LogP contribution in [0, 0.1) is 11.6 Å². The van der Waals surface area contributed by atoms with Crippen molar-refractivity contribution >= 4 is 23.1 Å². The number of carbonyl (C=O) groups is 1. The maximum absolute atomic E-state index is 13.2. The zero-order valence-electron chi connectivity index (χ0n) is 13.8. The monoisotopic (exact) mass is 355 g/mol. The molecular weight excluding hydrogens is 340 g/mol. The van der Waals surface area contributed by atoms with Crippen LogP contribution in [0.15, 0.2) is 60.8 Å². The quantitative estimate of drug-likeness (QED) is 0.714. The highest BCUT2D eigenvalue weighted by Gasteiger charge is 2.08. The van der Waals surface area contributed by atoms with Gasteiger partial charge in [0.2, 0.25) is 0 Å². The predicted molar refractivity (Wildman–Crippen MR) is 94.8 cm³/mol. The molecule has 132 valence electrons. The highest BCUT2D eigenvalue weighted by atomic mass is 19.2. The summed E-state index contributed by atoms with van der Waals surface area (Å²) >= 11 is 0. The van der Waals surface area contributed by atoms with Crippen molar-refractivity contribution < 1.29 is 18.3 Å². The van der Waals surface area contributed by atoms with Crippen LogP contribution in [-0.2, 0) is 0 Å². The Labute approximate surface area is 148 Å². The first-order valence-electron chi connectivity index (χ1n) is 7.69. The van der Waals surface area contributed by atoms with E-state index in [0.29, 0.717) is 28.5 Å². The highest BCUT2D eigenvalue weighted by molar-refractivity contribution is 6.04. The summed E-state index contributed by atoms with van der Waals surface area (Å²) in [6.07, 6.45) is 1.47. The summed E-state index contributed by atoms with van der Waals surface area (Å²) in [5.41, 5.74) is 1.39. The van der Waals surface area contributed by atoms with Gasteiger partial charge in [0.15, 0.2) is 11.6 Å². The summed E-state index contributed by atoms with van der Waals surface area (Å²) in [6.45, 7) is 0. The molecule has 1 aromatic heterocycles. The van der Waals surface area contributed by atoms with E-state index in [9.17, 15) is 13.6 Å². The molecule has 0 unspecified atom stereocenters. The molecule has 5 nitrogen and oxygen atoms in total. The summed E-state index contributed by atoms with van der Waals surface area (Å²) in [6, 6.07) is 13.5. The van der Waals surface area contributed by atoms with Gasteiger partial charge in [-0.3, -0.25) is 4.79 Å². The van der Waals surface area contributed by atoms with Crippen LogP contribution in [0.2, 0.25) is 0 Å². The van der Waals surface area contributed by atoms with E-state index < -0.39 is 11.6 Å². The molecule has 0 bridgehead atoms. The van der Waals surface area contributed by atoms with E-state index in [1.54, 1.807) is 36.4 Å². The Kier molecular flexibility index (Phi) is 5.07. The molecule has 0 aliphatic carbocycles. The summed E-state index contributed by atoms with van der Waals surface area (Å²) in [4.78, 5) is 16.4. The van der Waals surface area contributed by atoms with E-state index in [-0.39, 0.29) is 5.91 Å². The summed E-state index contributed by atoms with van der Waals surface area (Å²) < 4.78 is 31.2. The van der Waals surface area contributed by atoms with Crippen molar-refractivity contribution in [3.8, 4) is 5.75 Å². The molecule has 0 aliphatic heterocycles. The fourth-order valence-electron chi connectivity index (χ4n) is 2.24. The van der Waals surface area contributed by atoms with Crippen molar-refractivity contribution in [1.29, 1.82) is 0 Å². The largest absolute Gasteiger partial charge is 0.497 e. The summed E-state index contributed by atoms with van der Waals surface area (Å²) in [7, 11) is 1.53. The lowest BCUT2D eigenvalue weighted by molar-refractivity contribution is 0.102. The Hall–Kier alpha value is -3.48. The minimum atomic E-state index is -0.940. The molecule has 0 spiro atoms. The molecule has 1 heterocycles. The predicted octanol–water partition coefficient (Wildman–Crippen LogP) is 4.36. The fourth-order valence-corrected chi connectivity index (χ4v) is 2.24. The van der Waals surface area contributed by atoms with Gasteiger partial charge in [-0.25, -0.2) is 13.8 Å². The second-order valence-electron chi connectivity index (χ2n) is 5.37. The number of hydrogen-bond donors (Lipinski definition) is 2. The molecule has 2 aromatic carbocycles. The third-order valence-electron chi connectivity index (χ3n) is 3.55. The summed E-state index contributed by atoms with van der Waals surface area (Å²) in [5.74, 6) is -1.24. The molecule has 7 heteroatoms. The van der Waals surface area contributed by atoms with Gasteiger partial charge in [-0.1, -0.05) is 6.07 Å². The minimum Gasteiger partial charge on any atom is -0.497 e. The Morgan fingerprint density at radius 1 is 1.00 bits per heavy atom. The van der Waals surface area contributed by atoms with Gasteiger partial charge in [0.1, 0.15) is 11.6 Å². The molecule has 0 atom stereocenters. The van der Waals surface area contributed by atoms with Crippen LogP contribution >= 0.6 is 0 Å². The molecule has 1 amide bonds. The number of halogens is 2. The average Bonchev–Trinajstić information content (AvgIpc) is 2.66. The van der Waals surface area contributed by atoms with Gasteiger partial charge in [-0.05, 0) is 42.5 Å². The van der Waals surface area contributed by atoms with Crippen LogP contribution in [0.25, 0.3) is 0 Å². The molecule has 2 N–H and O–H groups in total. The second kappa shape index (κ2) is 7.60. The van der Waals surface area contributed by atoms with Gasteiger partial charge in [-0.2, -0.15) is 0 Å². The third kappa shape index (κ3) is 4.13. The van der Waals surface area contributed by atoms with Gasteiger partial charge >= 0.3 is 0 Å². The maximum Gasteiger partial charge on any atom is 0.256 e. The van der Waals surface area contributed by atoms with E-state index in [4.69, 9.17) is 4.74 Å². The van der Waals surface area contributed by atoms with E-state index in [2.05, 4.69) is 15.6 Å². The number of anilines is 3. The normalized spacial score (nSPS) is 10.3. The van der Waals surface area contributed by atoms with Crippen LogP contribution in [0.3, 0.4) is 0 Å². The molecule has 26 heavy (non-hydrogen) atoms. The number of benzene rings is 2. The van der Waals surface area contributed by atoms with Crippen molar-refractivity contribution in [2.24, 2.45) is 0 Å². The van der Waals surface area contributed by atoms with E-state index in [1.165, 1.54) is 19.4 Å². The Bertz CT molecular complexity index is 930. The van der Waals surface area contributed by atoms with Gasteiger partial charge < -0.3 is 15.4 Å². The lowest BCUT2D eigenvalue weighted by atomic mass is 10.2. The Balaban J connectivity index is 1.67. The van der Waals surface area contributed by atoms with Crippen molar-refractivity contribution in [1.82, 2.24) is 4.98 Å². The molecule has 3 rings (SSSR count). The Morgan fingerprint density at radius 3 is 2.50 bits per heavy atom. The number of aromatic nitrogens is 1. The van der Waals surface area contributed by atoms with Crippen LogP contribution in [0.4, 0.5) is 26.0 Å². The van der Waals surface area contributed by atoms with E-state index in [0.717, 1.165) is 12.1 Å². The number of carbonyl (C=O) groups excluding carboxylic acids is 1. The third-order valence-corrected chi connectivity index (χ3v) is 3.55. The van der Waals surface area contributed by atoms with Crippen molar-refractivity contribution in [2.45, 2.75) is 0 Å². The zero-order valence-corrected chi connectivity index (χ0v) is 13.8. The first-order chi connectivity index (χ1) is 12.5. The summed E-state index contributed by atoms with van der Waals surface area (Å²) in [5, 5.41) is 5.58. The van der Waals surface area contributed by atoms with Gasteiger partial charge in [0.05, 0.1) is 19.0 Å². The van der Waals surface area contributed by atoms with Crippen LogP contribution in [0.5, 0.6) is 5.75 Å². The molecule has 0 saturated heterocycles. The zero-order chi connectivity index (χ0) is 18.5. The van der Waals surface area contributed by atoms with Crippen LogP contribution < -0.4 is 15.4 Å². The number of nitrogens with one attached hydrogen (secondary N) is 2. The van der Waals surface area contributed by atoms with Gasteiger partial charge in [-0.15, -0.1) is 0 Å². The van der Waals surface area contributed by atoms with Crippen molar-refractivity contribution in [3.05, 3.63) is 78.0 Å². The number of rotatable bonds is 5. The lowest BCUT2D eigenvalue weighted by Gasteiger charge is -2.09. The molecule has 0 saturated carbocycles. The first-order valence-corrected chi connectivity index (χ1v) is 7.69. The molecule has 3 aromatic rings. The first kappa shape index (κ1) is 17.3. The molecule has 0 fully saturated rings. The van der Waals surface area contributed by atoms with E-state index >= 15 is 0 Å². The number of methoxy groups -OCH3 is 1. The van der Waals surface area contributed by atoms with Crippen LogP contribution in [0.1, 0.15) is 10.4 Å². The fraction of sp³-hybridized carbons (Fsp3) is 0.0526. The lowest BCUT2D eigenvalue weighted by Crippen LogP contribution is -2.12. The minimum absolute atomic E-state index is 0.322. The highest BCUT2D eigenvalue weighted by Crippen LogP contribution is 2.20. The number of amides is 1. The van der Waals surface area contributed by atoms with E-state index in [1.807, 2.05) is 0 Å². The molecule has 0 aliphatic rings. The van der Waals surface area contributed by atoms with Crippen molar-refractivity contribution in [3.63, 3.8) is 0 Å². The average molecular weight is 355 g/mol. The molecule has 0 radical (unpaired) electrons. The smallest absolute Gasteiger partial charge is 0.256 e. The van der Waals surface area contributed by atoms with Crippen LogP contribution in [-0.4, -0.2) is 18.0 Å². The van der Waals surface area contributed by atoms with Gasteiger partial charge in [0.25, 0.3) is 5.91 Å². The van der Waals surface area contributed by atoms with Crippen molar-refractivity contribution in [2.75, 3.05) is 17.7 Å². The van der Waals surface area contributed by atoms with Gasteiger partial charge in [0, 0.05) is 17.3 Å². The number of nitrogens with zero attached hydrogens (tertiary/aromatic N) is 1. The number of ether oxygens (including phenoxy) is 1. The number of hydrogen-bond acceptors (Lipinski definition) is 4. The SMILES string of the molecule is COc1cccc(C(=O)Nc2ccc(Nc3ccc(F)c(F)c3)cn2)c1. The second-order valence-corrected chi connectivity index (χ2v) is 5.37. The standard InChI is InChI=1S/C19H15F2N3O2/c1-26-15-4-2-3-12(9-15)19(25)24-18-8-6-14(11-22-18)23-13-5-7-16(20)17(21)10-13/h2-11,23H,1H3,(H,22,24,25).